The molecule has 0 spiro atoms. The summed E-state index contributed by atoms with van der Waals surface area (Å²) >= 11 is 0.882. The lowest BCUT2D eigenvalue weighted by molar-refractivity contribution is -0.387. The fraction of sp³-hybridized carbons (Fsp3) is 0.167. The van der Waals surface area contributed by atoms with Crippen molar-refractivity contribution in [2.45, 2.75) is 6.42 Å². The van der Waals surface area contributed by atoms with E-state index < -0.39 is 33.8 Å². The lowest BCUT2D eigenvalue weighted by atomic mass is 10.2. The number of hydrogen-bond acceptors (Lipinski definition) is 6. The number of carbonyl (C=O) groups excluding carboxylic acids is 1. The summed E-state index contributed by atoms with van der Waals surface area (Å²) in [6, 6.07) is 1.55. The summed E-state index contributed by atoms with van der Waals surface area (Å²) in [7, 11) is 1.20. The predicted octanol–water partition coefficient (Wildman–Crippen LogP) is 2.71. The highest BCUT2D eigenvalue weighted by atomic mass is 32.1. The number of carbonyl (C=O) groups is 1. The van der Waals surface area contributed by atoms with Crippen LogP contribution in [0.1, 0.15) is 5.69 Å². The van der Waals surface area contributed by atoms with Crippen molar-refractivity contribution in [3.63, 3.8) is 0 Å². The van der Waals surface area contributed by atoms with Gasteiger partial charge in [-0.3, -0.25) is 14.9 Å². The van der Waals surface area contributed by atoms with Crippen molar-refractivity contribution in [2.24, 2.45) is 0 Å². The van der Waals surface area contributed by atoms with Crippen molar-refractivity contribution >= 4 is 23.0 Å². The Kier molecular flexibility index (Phi) is 4.22. The first-order valence-electron chi connectivity index (χ1n) is 5.58. The number of nitro groups is 1. The molecule has 2 rings (SSSR count). The molecule has 2 aromatic rings. The van der Waals surface area contributed by atoms with E-state index in [1.54, 1.807) is 0 Å². The molecule has 0 amide bonds. The lowest BCUT2D eigenvalue weighted by Gasteiger charge is -2.02. The molecule has 0 N–H and O–H groups in total. The van der Waals surface area contributed by atoms with Gasteiger partial charge in [0.25, 0.3) is 0 Å². The number of methoxy groups -OCH3 is 1. The monoisotopic (exact) mass is 314 g/mol. The van der Waals surface area contributed by atoms with E-state index in [1.165, 1.54) is 12.5 Å². The molecule has 110 valence electrons. The number of benzene rings is 1. The van der Waals surface area contributed by atoms with Crippen LogP contribution in [0, 0.1) is 21.7 Å². The van der Waals surface area contributed by atoms with E-state index in [-0.39, 0.29) is 17.1 Å². The fourth-order valence-corrected chi connectivity index (χ4v) is 2.46. The Bertz CT molecular complexity index is 717. The zero-order valence-electron chi connectivity index (χ0n) is 10.6. The van der Waals surface area contributed by atoms with Gasteiger partial charge in [0, 0.05) is 11.4 Å². The van der Waals surface area contributed by atoms with E-state index in [9.17, 15) is 23.7 Å². The second-order valence-electron chi connectivity index (χ2n) is 3.91. The quantitative estimate of drug-likeness (QED) is 0.492. The lowest BCUT2D eigenvalue weighted by Crippen LogP contribution is -2.04. The average molecular weight is 314 g/mol. The smallest absolute Gasteiger partial charge is 0.311 e. The number of ether oxygens (including phenoxy) is 1. The van der Waals surface area contributed by atoms with Gasteiger partial charge in [0.1, 0.15) is 10.8 Å². The summed E-state index contributed by atoms with van der Waals surface area (Å²) in [5.74, 6) is -2.80. The zero-order valence-corrected chi connectivity index (χ0v) is 11.4. The van der Waals surface area contributed by atoms with Gasteiger partial charge in [0.05, 0.1) is 29.7 Å². The molecule has 9 heteroatoms. The van der Waals surface area contributed by atoms with Crippen LogP contribution in [0.4, 0.5) is 14.5 Å². The van der Waals surface area contributed by atoms with Gasteiger partial charge in [-0.1, -0.05) is 0 Å². The fourth-order valence-electron chi connectivity index (χ4n) is 1.60. The summed E-state index contributed by atoms with van der Waals surface area (Å²) in [5.41, 5.74) is -1.14. The third-order valence-corrected chi connectivity index (χ3v) is 3.49. The summed E-state index contributed by atoms with van der Waals surface area (Å²) < 4.78 is 32.2. The third-order valence-electron chi connectivity index (χ3n) is 2.59. The third kappa shape index (κ3) is 3.02. The number of nitro benzene ring substituents is 1. The largest absolute Gasteiger partial charge is 0.469 e. The molecule has 0 saturated heterocycles. The van der Waals surface area contributed by atoms with Gasteiger partial charge in [-0.25, -0.2) is 9.37 Å². The van der Waals surface area contributed by atoms with E-state index in [0.29, 0.717) is 0 Å². The van der Waals surface area contributed by atoms with Crippen LogP contribution in [0.5, 0.6) is 0 Å². The summed E-state index contributed by atoms with van der Waals surface area (Å²) in [5, 5.41) is 12.0. The van der Waals surface area contributed by atoms with Gasteiger partial charge in [-0.15, -0.1) is 11.3 Å². The molecule has 0 bridgehead atoms. The standard InChI is InChI=1S/C12H8F2N2O4S/c1-20-9(17)4-6-5-21-12(15-6)10-7(13)2-3-8(11(10)14)16(18)19/h2-3,5H,4H2,1H3. The highest BCUT2D eigenvalue weighted by molar-refractivity contribution is 7.13. The maximum Gasteiger partial charge on any atom is 0.311 e. The van der Waals surface area contributed by atoms with Crippen molar-refractivity contribution in [1.29, 1.82) is 0 Å². The Hall–Kier alpha value is -2.42. The van der Waals surface area contributed by atoms with Crippen molar-refractivity contribution in [1.82, 2.24) is 4.98 Å². The Morgan fingerprint density at radius 1 is 1.48 bits per heavy atom. The molecule has 1 heterocycles. The molecule has 0 saturated carbocycles. The zero-order chi connectivity index (χ0) is 15.6. The van der Waals surface area contributed by atoms with Crippen molar-refractivity contribution in [3.05, 3.63) is 45.0 Å². The Morgan fingerprint density at radius 3 is 2.81 bits per heavy atom. The number of esters is 1. The van der Waals surface area contributed by atoms with E-state index >= 15 is 0 Å². The molecule has 0 aliphatic rings. The van der Waals surface area contributed by atoms with Crippen LogP contribution in [0.2, 0.25) is 0 Å². The molecule has 1 aromatic carbocycles. The van der Waals surface area contributed by atoms with Crippen molar-refractivity contribution < 1.29 is 23.2 Å². The first kappa shape index (κ1) is 15.0. The highest BCUT2D eigenvalue weighted by Gasteiger charge is 2.24. The number of hydrogen-bond donors (Lipinski definition) is 0. The van der Waals surface area contributed by atoms with Crippen LogP contribution in [0.3, 0.4) is 0 Å². The first-order valence-corrected chi connectivity index (χ1v) is 6.46. The maximum absolute atomic E-state index is 14.0. The molecule has 6 nitrogen and oxygen atoms in total. The van der Waals surface area contributed by atoms with Crippen LogP contribution < -0.4 is 0 Å². The summed E-state index contributed by atoms with van der Waals surface area (Å²) in [6.07, 6.45) is -0.148. The summed E-state index contributed by atoms with van der Waals surface area (Å²) in [6.45, 7) is 0. The van der Waals surface area contributed by atoms with Gasteiger partial charge in [-0.05, 0) is 6.07 Å². The second-order valence-corrected chi connectivity index (χ2v) is 4.77. The van der Waals surface area contributed by atoms with Gasteiger partial charge in [-0.2, -0.15) is 4.39 Å². The Balaban J connectivity index is 2.45. The topological polar surface area (TPSA) is 82.3 Å². The van der Waals surface area contributed by atoms with Crippen LogP contribution in [0.25, 0.3) is 10.6 Å². The molecular formula is C12H8F2N2O4S. The van der Waals surface area contributed by atoms with Crippen LogP contribution in [-0.2, 0) is 16.0 Å². The minimum atomic E-state index is -1.29. The minimum Gasteiger partial charge on any atom is -0.469 e. The van der Waals surface area contributed by atoms with Gasteiger partial charge < -0.3 is 4.74 Å². The van der Waals surface area contributed by atoms with E-state index in [2.05, 4.69) is 9.72 Å². The van der Waals surface area contributed by atoms with Gasteiger partial charge in [0.15, 0.2) is 0 Å². The number of rotatable bonds is 4. The van der Waals surface area contributed by atoms with Crippen molar-refractivity contribution in [2.75, 3.05) is 7.11 Å². The molecule has 0 aliphatic carbocycles. The number of thiazole rings is 1. The molecular weight excluding hydrogens is 306 g/mol. The molecule has 0 radical (unpaired) electrons. The number of nitrogens with zero attached hydrogens (tertiary/aromatic N) is 2. The molecule has 0 atom stereocenters. The first-order chi connectivity index (χ1) is 9.93. The van der Waals surface area contributed by atoms with Gasteiger partial charge >= 0.3 is 11.7 Å². The van der Waals surface area contributed by atoms with Crippen LogP contribution >= 0.6 is 11.3 Å². The highest BCUT2D eigenvalue weighted by Crippen LogP contribution is 2.33. The van der Waals surface area contributed by atoms with Gasteiger partial charge in [0.2, 0.25) is 5.82 Å². The molecule has 1 aromatic heterocycles. The van der Waals surface area contributed by atoms with Crippen LogP contribution in [0.15, 0.2) is 17.5 Å². The second kappa shape index (κ2) is 5.92. The van der Waals surface area contributed by atoms with E-state index in [1.807, 2.05) is 0 Å². The number of aromatic nitrogens is 1. The molecule has 0 unspecified atom stereocenters. The van der Waals surface area contributed by atoms with Crippen molar-refractivity contribution in [3.8, 4) is 10.6 Å². The Labute approximate surface area is 121 Å². The SMILES string of the molecule is COC(=O)Cc1csc(-c2c(F)ccc([N+](=O)[O-])c2F)n1. The predicted molar refractivity (Wildman–Crippen MR) is 69.8 cm³/mol. The van der Waals surface area contributed by atoms with Crippen LogP contribution in [-0.4, -0.2) is 23.0 Å². The average Bonchev–Trinajstić information content (AvgIpc) is 2.86. The summed E-state index contributed by atoms with van der Waals surface area (Å²) in [4.78, 5) is 24.7. The normalized spacial score (nSPS) is 10.4. The van der Waals surface area contributed by atoms with E-state index in [4.69, 9.17) is 0 Å². The number of halogens is 2. The minimum absolute atomic E-state index is 0.0763. The molecule has 0 aliphatic heterocycles. The Morgan fingerprint density at radius 2 is 2.19 bits per heavy atom. The maximum atomic E-state index is 14.0. The molecule has 0 fully saturated rings. The molecule has 21 heavy (non-hydrogen) atoms. The van der Waals surface area contributed by atoms with E-state index in [0.717, 1.165) is 23.5 Å².